The molecule has 0 aliphatic carbocycles. The van der Waals surface area contributed by atoms with Crippen LogP contribution in [-0.2, 0) is 13.0 Å². The molecule has 2 aromatic carbocycles. The van der Waals surface area contributed by atoms with Gasteiger partial charge in [-0.25, -0.2) is 0 Å². The summed E-state index contributed by atoms with van der Waals surface area (Å²) in [5, 5.41) is 5.95. The lowest BCUT2D eigenvalue weighted by Crippen LogP contribution is -2.15. The van der Waals surface area contributed by atoms with Crippen molar-refractivity contribution >= 4 is 10.9 Å². The minimum absolute atomic E-state index is 0.0187. The Morgan fingerprint density at radius 3 is 2.57 bits per heavy atom. The second-order valence-electron chi connectivity index (χ2n) is 5.45. The first-order chi connectivity index (χ1) is 10.2. The normalized spacial score (nSPS) is 12.7. The van der Waals surface area contributed by atoms with Crippen molar-refractivity contribution in [3.8, 4) is 0 Å². The highest BCUT2D eigenvalue weighted by Crippen LogP contribution is 2.24. The zero-order valence-corrected chi connectivity index (χ0v) is 12.6. The summed E-state index contributed by atoms with van der Waals surface area (Å²) in [7, 11) is 0. The van der Waals surface area contributed by atoms with Gasteiger partial charge in [0, 0.05) is 24.4 Å². The van der Waals surface area contributed by atoms with Gasteiger partial charge >= 0.3 is 0 Å². The van der Waals surface area contributed by atoms with Crippen molar-refractivity contribution in [3.63, 3.8) is 0 Å². The van der Waals surface area contributed by atoms with Crippen LogP contribution in [0.25, 0.3) is 10.9 Å². The van der Waals surface area contributed by atoms with Crippen LogP contribution in [0.2, 0.25) is 0 Å². The Morgan fingerprint density at radius 2 is 1.81 bits per heavy atom. The molecule has 0 radical (unpaired) electrons. The van der Waals surface area contributed by atoms with E-state index in [9.17, 15) is 0 Å². The molecule has 0 aliphatic rings. The Labute approximate surface area is 125 Å². The first-order valence-electron chi connectivity index (χ1n) is 7.46. The van der Waals surface area contributed by atoms with E-state index in [2.05, 4.69) is 54.9 Å². The van der Waals surface area contributed by atoms with Crippen LogP contribution in [-0.4, -0.2) is 9.78 Å². The summed E-state index contributed by atoms with van der Waals surface area (Å²) in [4.78, 5) is 0. The third-order valence-electron chi connectivity index (χ3n) is 4.04. The molecule has 3 heteroatoms. The lowest BCUT2D eigenvalue weighted by Gasteiger charge is -2.13. The standard InChI is InChI=1S/C18H21N3/c1-3-21-18-11-7-6-10-15(18)17(20-21)12-16(19)14-9-5-4-8-13(14)2/h4-11,16H,3,12,19H2,1-2H3. The maximum atomic E-state index is 6.42. The van der Waals surface area contributed by atoms with Gasteiger partial charge in [0.1, 0.15) is 0 Å². The fourth-order valence-corrected chi connectivity index (χ4v) is 2.91. The van der Waals surface area contributed by atoms with Gasteiger partial charge in [-0.2, -0.15) is 5.10 Å². The van der Waals surface area contributed by atoms with E-state index in [0.29, 0.717) is 0 Å². The average Bonchev–Trinajstić information content (AvgIpc) is 2.86. The summed E-state index contributed by atoms with van der Waals surface area (Å²) in [6.07, 6.45) is 0.762. The Kier molecular flexibility index (Phi) is 3.76. The third-order valence-corrected chi connectivity index (χ3v) is 4.04. The maximum Gasteiger partial charge on any atom is 0.0722 e. The Hall–Kier alpha value is -2.13. The molecule has 0 saturated carbocycles. The van der Waals surface area contributed by atoms with Crippen LogP contribution in [0.3, 0.4) is 0 Å². The average molecular weight is 279 g/mol. The Morgan fingerprint density at radius 1 is 1.10 bits per heavy atom. The van der Waals surface area contributed by atoms with E-state index < -0.39 is 0 Å². The summed E-state index contributed by atoms with van der Waals surface area (Å²) in [6.45, 7) is 5.10. The topological polar surface area (TPSA) is 43.8 Å². The molecule has 3 nitrogen and oxygen atoms in total. The van der Waals surface area contributed by atoms with Crippen LogP contribution < -0.4 is 5.73 Å². The molecular formula is C18H21N3. The molecule has 1 atom stereocenters. The monoisotopic (exact) mass is 279 g/mol. The van der Waals surface area contributed by atoms with Crippen LogP contribution in [0.1, 0.15) is 29.8 Å². The smallest absolute Gasteiger partial charge is 0.0722 e. The third kappa shape index (κ3) is 2.57. The molecule has 0 saturated heterocycles. The summed E-state index contributed by atoms with van der Waals surface area (Å²) in [6, 6.07) is 16.7. The van der Waals surface area contributed by atoms with Gasteiger partial charge in [-0.3, -0.25) is 4.68 Å². The number of hydrogen-bond donors (Lipinski definition) is 1. The van der Waals surface area contributed by atoms with Crippen molar-refractivity contribution in [2.24, 2.45) is 5.73 Å². The van der Waals surface area contributed by atoms with Gasteiger partial charge < -0.3 is 5.73 Å². The van der Waals surface area contributed by atoms with E-state index >= 15 is 0 Å². The molecule has 1 aromatic heterocycles. The highest BCUT2D eigenvalue weighted by Gasteiger charge is 2.15. The zero-order valence-electron chi connectivity index (χ0n) is 12.6. The molecule has 1 unspecified atom stereocenters. The van der Waals surface area contributed by atoms with Crippen LogP contribution >= 0.6 is 0 Å². The number of nitrogens with two attached hydrogens (primary N) is 1. The molecule has 3 rings (SSSR count). The number of nitrogens with zero attached hydrogens (tertiary/aromatic N) is 2. The van der Waals surface area contributed by atoms with E-state index in [-0.39, 0.29) is 6.04 Å². The molecule has 0 bridgehead atoms. The fraction of sp³-hybridized carbons (Fsp3) is 0.278. The number of fused-ring (bicyclic) bond motifs is 1. The molecule has 0 amide bonds. The minimum atomic E-state index is -0.0187. The predicted octanol–water partition coefficient (Wildman–Crippen LogP) is 3.61. The lowest BCUT2D eigenvalue weighted by atomic mass is 9.97. The van der Waals surface area contributed by atoms with Crippen molar-refractivity contribution in [3.05, 3.63) is 65.4 Å². The second-order valence-corrected chi connectivity index (χ2v) is 5.45. The molecule has 21 heavy (non-hydrogen) atoms. The van der Waals surface area contributed by atoms with Gasteiger partial charge in [0.05, 0.1) is 11.2 Å². The number of benzene rings is 2. The number of aromatic nitrogens is 2. The number of rotatable bonds is 4. The molecule has 3 aromatic rings. The van der Waals surface area contributed by atoms with E-state index in [4.69, 9.17) is 10.8 Å². The van der Waals surface area contributed by atoms with Gasteiger partial charge in [-0.15, -0.1) is 0 Å². The molecule has 0 aliphatic heterocycles. The van der Waals surface area contributed by atoms with Crippen LogP contribution in [0, 0.1) is 6.92 Å². The zero-order chi connectivity index (χ0) is 14.8. The predicted molar refractivity (Wildman–Crippen MR) is 87.2 cm³/mol. The second kappa shape index (κ2) is 5.70. The minimum Gasteiger partial charge on any atom is -0.324 e. The molecule has 0 spiro atoms. The SMILES string of the molecule is CCn1nc(CC(N)c2ccccc2C)c2ccccc21. The largest absolute Gasteiger partial charge is 0.324 e. The van der Waals surface area contributed by atoms with Gasteiger partial charge in [-0.1, -0.05) is 42.5 Å². The number of para-hydroxylation sites is 1. The van der Waals surface area contributed by atoms with Gasteiger partial charge in [0.15, 0.2) is 0 Å². The van der Waals surface area contributed by atoms with E-state index in [0.717, 1.165) is 18.7 Å². The van der Waals surface area contributed by atoms with Crippen molar-refractivity contribution in [1.82, 2.24) is 9.78 Å². The van der Waals surface area contributed by atoms with E-state index in [1.165, 1.54) is 22.0 Å². The van der Waals surface area contributed by atoms with E-state index in [1.807, 2.05) is 12.1 Å². The highest BCUT2D eigenvalue weighted by atomic mass is 15.3. The van der Waals surface area contributed by atoms with Crippen molar-refractivity contribution in [2.75, 3.05) is 0 Å². The quantitative estimate of drug-likeness (QED) is 0.793. The summed E-state index contributed by atoms with van der Waals surface area (Å²) >= 11 is 0. The van der Waals surface area contributed by atoms with Crippen LogP contribution in [0.5, 0.6) is 0 Å². The van der Waals surface area contributed by atoms with Crippen molar-refractivity contribution in [2.45, 2.75) is 32.9 Å². The summed E-state index contributed by atoms with van der Waals surface area (Å²) < 4.78 is 2.05. The molecular weight excluding hydrogens is 258 g/mol. The first kappa shape index (κ1) is 13.8. The molecule has 0 fully saturated rings. The van der Waals surface area contributed by atoms with Gasteiger partial charge in [0.2, 0.25) is 0 Å². The summed E-state index contributed by atoms with van der Waals surface area (Å²) in [5.74, 6) is 0. The first-order valence-corrected chi connectivity index (χ1v) is 7.46. The molecule has 1 heterocycles. The summed E-state index contributed by atoms with van der Waals surface area (Å²) in [5.41, 5.74) is 11.1. The Balaban J connectivity index is 1.97. The number of aryl methyl sites for hydroxylation is 2. The number of hydrogen-bond acceptors (Lipinski definition) is 2. The van der Waals surface area contributed by atoms with Gasteiger partial charge in [0.25, 0.3) is 0 Å². The van der Waals surface area contributed by atoms with E-state index in [1.54, 1.807) is 0 Å². The van der Waals surface area contributed by atoms with Crippen LogP contribution in [0.15, 0.2) is 48.5 Å². The molecule has 108 valence electrons. The van der Waals surface area contributed by atoms with Crippen LogP contribution in [0.4, 0.5) is 0 Å². The van der Waals surface area contributed by atoms with Gasteiger partial charge in [-0.05, 0) is 31.0 Å². The maximum absolute atomic E-state index is 6.42. The van der Waals surface area contributed by atoms with Crippen molar-refractivity contribution in [1.29, 1.82) is 0 Å². The van der Waals surface area contributed by atoms with Crippen molar-refractivity contribution < 1.29 is 0 Å². The lowest BCUT2D eigenvalue weighted by molar-refractivity contribution is 0.640. The fourth-order valence-electron chi connectivity index (χ4n) is 2.91. The molecule has 2 N–H and O–H groups in total. The Bertz CT molecular complexity index is 758. The highest BCUT2D eigenvalue weighted by molar-refractivity contribution is 5.82.